The van der Waals surface area contributed by atoms with Crippen LogP contribution in [0, 0.1) is 0 Å². The summed E-state index contributed by atoms with van der Waals surface area (Å²) in [6.07, 6.45) is 0. The van der Waals surface area contributed by atoms with Crippen molar-refractivity contribution in [1.82, 2.24) is 14.5 Å². The van der Waals surface area contributed by atoms with Crippen LogP contribution >= 0.6 is 11.6 Å². The minimum Gasteiger partial charge on any atom is -0.448 e. The summed E-state index contributed by atoms with van der Waals surface area (Å²) in [5.74, 6) is -0.0227. The van der Waals surface area contributed by atoms with E-state index in [1.807, 2.05) is 42.8 Å². The summed E-state index contributed by atoms with van der Waals surface area (Å²) in [5.41, 5.74) is 13.2. The monoisotopic (exact) mass is 361 g/mol. The largest absolute Gasteiger partial charge is 0.448 e. The van der Waals surface area contributed by atoms with Gasteiger partial charge in [-0.2, -0.15) is 0 Å². The zero-order valence-corrected chi connectivity index (χ0v) is 14.6. The van der Waals surface area contributed by atoms with E-state index in [1.54, 1.807) is 0 Å². The fourth-order valence-electron chi connectivity index (χ4n) is 2.75. The third-order valence-corrected chi connectivity index (χ3v) is 4.26. The van der Waals surface area contributed by atoms with E-state index in [9.17, 15) is 4.79 Å². The second-order valence-corrected chi connectivity index (χ2v) is 5.78. The topological polar surface area (TPSA) is 113 Å². The van der Waals surface area contributed by atoms with Crippen LogP contribution in [0.5, 0.6) is 0 Å². The van der Waals surface area contributed by atoms with E-state index in [-0.39, 0.29) is 29.1 Å². The van der Waals surface area contributed by atoms with Crippen molar-refractivity contribution in [2.24, 2.45) is 7.05 Å². The van der Waals surface area contributed by atoms with E-state index in [4.69, 9.17) is 27.8 Å². The normalized spacial score (nSPS) is 11.0. The highest BCUT2D eigenvalue weighted by Crippen LogP contribution is 2.19. The van der Waals surface area contributed by atoms with E-state index >= 15 is 0 Å². The molecule has 0 aliphatic heterocycles. The summed E-state index contributed by atoms with van der Waals surface area (Å²) in [5, 5.41) is -0.0885. The maximum atomic E-state index is 12.3. The fraction of sp³-hybridized carbons (Fsp3) is 0.250. The molecule has 0 fully saturated rings. The zero-order valence-electron chi connectivity index (χ0n) is 13.9. The zero-order chi connectivity index (χ0) is 18.1. The number of para-hydroxylation sites is 2. The Morgan fingerprint density at radius 3 is 2.72 bits per heavy atom. The number of anilines is 2. The van der Waals surface area contributed by atoms with Gasteiger partial charge in [0.05, 0.1) is 13.6 Å². The minimum absolute atomic E-state index is 0.0341. The molecule has 3 aromatic rings. The summed E-state index contributed by atoms with van der Waals surface area (Å²) in [7, 11) is 1.92. The number of fused-ring (bicyclic) bond motifs is 1. The van der Waals surface area contributed by atoms with Crippen molar-refractivity contribution in [3.8, 4) is 0 Å². The summed E-state index contributed by atoms with van der Waals surface area (Å²) >= 11 is 5.80. The van der Waals surface area contributed by atoms with Crippen LogP contribution in [-0.2, 0) is 24.9 Å². The molecule has 0 bridgehead atoms. The molecule has 0 aliphatic carbocycles. The van der Waals surface area contributed by atoms with Crippen molar-refractivity contribution in [3.05, 3.63) is 40.9 Å². The Morgan fingerprint density at radius 1 is 1.28 bits per heavy atom. The molecule has 2 aromatic heterocycles. The van der Waals surface area contributed by atoms with Gasteiger partial charge < -0.3 is 16.2 Å². The maximum absolute atomic E-state index is 12.3. The predicted octanol–water partition coefficient (Wildman–Crippen LogP) is 1.45. The first-order valence-corrected chi connectivity index (χ1v) is 8.03. The Balaban J connectivity index is 1.89. The van der Waals surface area contributed by atoms with Gasteiger partial charge >= 0.3 is 5.97 Å². The Hall–Kier alpha value is -2.87. The van der Waals surface area contributed by atoms with Gasteiger partial charge in [0.1, 0.15) is 0 Å². The SMILES string of the molecule is CCn1c(COC(=O)c2nc(Cl)c(N)nc2N)[n+](C)c2ccccc21. The van der Waals surface area contributed by atoms with Gasteiger partial charge in [0.15, 0.2) is 40.1 Å². The third-order valence-electron chi connectivity index (χ3n) is 3.98. The third kappa shape index (κ3) is 2.96. The van der Waals surface area contributed by atoms with Crippen LogP contribution in [-0.4, -0.2) is 20.5 Å². The average molecular weight is 362 g/mol. The van der Waals surface area contributed by atoms with Crippen LogP contribution in [0.25, 0.3) is 11.0 Å². The number of ether oxygens (including phenoxy) is 1. The lowest BCUT2D eigenvalue weighted by Gasteiger charge is -2.06. The Morgan fingerprint density at radius 2 is 2.00 bits per heavy atom. The molecule has 3 rings (SSSR count). The molecule has 2 heterocycles. The first kappa shape index (κ1) is 17.0. The van der Waals surface area contributed by atoms with Gasteiger partial charge in [-0.25, -0.2) is 23.9 Å². The quantitative estimate of drug-likeness (QED) is 0.537. The molecule has 0 saturated carbocycles. The van der Waals surface area contributed by atoms with Crippen LogP contribution in [0.15, 0.2) is 24.3 Å². The van der Waals surface area contributed by atoms with Gasteiger partial charge in [0, 0.05) is 0 Å². The number of aryl methyl sites for hydroxylation is 2. The molecule has 0 atom stereocenters. The lowest BCUT2D eigenvalue weighted by Crippen LogP contribution is -2.34. The van der Waals surface area contributed by atoms with Crippen LogP contribution in [0.1, 0.15) is 23.2 Å². The van der Waals surface area contributed by atoms with E-state index < -0.39 is 5.97 Å². The second kappa shape index (κ2) is 6.56. The van der Waals surface area contributed by atoms with E-state index in [2.05, 4.69) is 14.5 Å². The molecular formula is C16H18ClN6O2+. The number of hydrogen-bond acceptors (Lipinski definition) is 6. The number of carbonyl (C=O) groups excluding carboxylic acids is 1. The molecule has 1 aromatic carbocycles. The summed E-state index contributed by atoms with van der Waals surface area (Å²) in [6, 6.07) is 7.96. The van der Waals surface area contributed by atoms with Gasteiger partial charge in [-0.1, -0.05) is 23.7 Å². The number of esters is 1. The Labute approximate surface area is 149 Å². The van der Waals surface area contributed by atoms with Crippen molar-refractivity contribution >= 4 is 40.2 Å². The molecule has 0 unspecified atom stereocenters. The predicted molar refractivity (Wildman–Crippen MR) is 93.8 cm³/mol. The first-order valence-electron chi connectivity index (χ1n) is 7.65. The molecule has 130 valence electrons. The van der Waals surface area contributed by atoms with Gasteiger partial charge in [0.25, 0.3) is 5.82 Å². The number of benzene rings is 1. The summed E-state index contributed by atoms with van der Waals surface area (Å²) < 4.78 is 9.44. The highest BCUT2D eigenvalue weighted by molar-refractivity contribution is 6.31. The number of nitrogens with two attached hydrogens (primary N) is 2. The molecule has 25 heavy (non-hydrogen) atoms. The molecule has 0 aliphatic rings. The number of imidazole rings is 1. The van der Waals surface area contributed by atoms with Crippen LogP contribution in [0.2, 0.25) is 5.15 Å². The number of hydrogen-bond donors (Lipinski definition) is 2. The number of aromatic nitrogens is 4. The molecular weight excluding hydrogens is 344 g/mol. The summed E-state index contributed by atoms with van der Waals surface area (Å²) in [4.78, 5) is 19.9. The molecule has 9 heteroatoms. The van der Waals surface area contributed by atoms with Crippen LogP contribution < -0.4 is 16.0 Å². The van der Waals surface area contributed by atoms with E-state index in [0.29, 0.717) is 0 Å². The number of nitrogen functional groups attached to an aromatic ring is 2. The molecule has 4 N–H and O–H groups in total. The van der Waals surface area contributed by atoms with Gasteiger partial charge in [-0.15, -0.1) is 0 Å². The number of rotatable bonds is 4. The first-order chi connectivity index (χ1) is 11.9. The Bertz CT molecular complexity index is 969. The molecule has 0 saturated heterocycles. The molecule has 8 nitrogen and oxygen atoms in total. The number of halogens is 1. The molecule has 0 spiro atoms. The van der Waals surface area contributed by atoms with Crippen molar-refractivity contribution in [3.63, 3.8) is 0 Å². The molecule has 0 amide bonds. The highest BCUT2D eigenvalue weighted by atomic mass is 35.5. The van der Waals surface area contributed by atoms with Gasteiger partial charge in [-0.3, -0.25) is 0 Å². The second-order valence-electron chi connectivity index (χ2n) is 5.42. The van der Waals surface area contributed by atoms with Crippen LogP contribution in [0.4, 0.5) is 11.6 Å². The smallest absolute Gasteiger partial charge is 0.361 e. The van der Waals surface area contributed by atoms with E-state index in [1.165, 1.54) is 0 Å². The van der Waals surface area contributed by atoms with Gasteiger partial charge in [0.2, 0.25) is 0 Å². The van der Waals surface area contributed by atoms with Crippen molar-refractivity contribution in [2.75, 3.05) is 11.5 Å². The highest BCUT2D eigenvalue weighted by Gasteiger charge is 2.24. The van der Waals surface area contributed by atoms with Crippen molar-refractivity contribution in [2.45, 2.75) is 20.1 Å². The van der Waals surface area contributed by atoms with Gasteiger partial charge in [-0.05, 0) is 19.1 Å². The number of carbonyl (C=O) groups is 1. The Kier molecular flexibility index (Phi) is 4.45. The lowest BCUT2D eigenvalue weighted by molar-refractivity contribution is -0.656. The average Bonchev–Trinajstić information content (AvgIpc) is 2.87. The van der Waals surface area contributed by atoms with Crippen molar-refractivity contribution < 1.29 is 14.1 Å². The summed E-state index contributed by atoms with van der Waals surface area (Å²) in [6.45, 7) is 2.83. The lowest BCUT2D eigenvalue weighted by atomic mass is 10.3. The van der Waals surface area contributed by atoms with Crippen molar-refractivity contribution in [1.29, 1.82) is 0 Å². The maximum Gasteiger partial charge on any atom is 0.361 e. The standard InChI is InChI=1S/C16H17ClN6O2/c1-3-23-10-7-5-4-6-9(10)22(2)11(23)8-25-16(24)12-14(18)21-15(19)13(17)20-12/h4-7H,3,8H2,1-2H3,(H3-,18,19,21,24)/p+1. The van der Waals surface area contributed by atoms with Crippen LogP contribution in [0.3, 0.4) is 0 Å². The fourth-order valence-corrected chi connectivity index (χ4v) is 2.88. The molecule has 0 radical (unpaired) electrons. The number of nitrogens with zero attached hydrogens (tertiary/aromatic N) is 4. The minimum atomic E-state index is -0.709. The van der Waals surface area contributed by atoms with E-state index in [0.717, 1.165) is 23.4 Å².